The lowest BCUT2D eigenvalue weighted by Crippen LogP contribution is -2.35. The van der Waals surface area contributed by atoms with Gasteiger partial charge in [0.05, 0.1) is 7.11 Å². The largest absolute Gasteiger partial charge is 0.467 e. The van der Waals surface area contributed by atoms with Crippen molar-refractivity contribution < 1.29 is 14.3 Å². The summed E-state index contributed by atoms with van der Waals surface area (Å²) in [6, 6.07) is 2.86. The average molecular weight is 279 g/mol. The first-order chi connectivity index (χ1) is 9.49. The number of rotatable bonds is 6. The van der Waals surface area contributed by atoms with Gasteiger partial charge in [0, 0.05) is 18.4 Å². The predicted molar refractivity (Wildman–Crippen MR) is 76.5 cm³/mol. The SMILES string of the molecule is CCNC(=O)c1cc(NC(C(=O)OC)C(C)C)ccn1. The summed E-state index contributed by atoms with van der Waals surface area (Å²) in [6.07, 6.45) is 1.53. The Labute approximate surface area is 118 Å². The maximum atomic E-state index is 11.7. The van der Waals surface area contributed by atoms with Gasteiger partial charge in [0.2, 0.25) is 0 Å². The molecule has 110 valence electrons. The summed E-state index contributed by atoms with van der Waals surface area (Å²) < 4.78 is 4.77. The second kappa shape index (κ2) is 7.47. The number of amides is 1. The van der Waals surface area contributed by atoms with Crippen LogP contribution in [0, 0.1) is 5.92 Å². The van der Waals surface area contributed by atoms with Crippen molar-refractivity contribution in [2.75, 3.05) is 19.0 Å². The fraction of sp³-hybridized carbons (Fsp3) is 0.500. The lowest BCUT2D eigenvalue weighted by molar-refractivity contribution is -0.142. The molecule has 0 fully saturated rings. The highest BCUT2D eigenvalue weighted by Crippen LogP contribution is 2.14. The maximum Gasteiger partial charge on any atom is 0.328 e. The molecule has 0 bridgehead atoms. The topological polar surface area (TPSA) is 80.3 Å². The average Bonchev–Trinajstić information content (AvgIpc) is 2.44. The highest BCUT2D eigenvalue weighted by atomic mass is 16.5. The quantitative estimate of drug-likeness (QED) is 0.770. The molecular formula is C14H21N3O3. The van der Waals surface area contributed by atoms with Crippen LogP contribution in [0.5, 0.6) is 0 Å². The van der Waals surface area contributed by atoms with Crippen molar-refractivity contribution >= 4 is 17.6 Å². The zero-order chi connectivity index (χ0) is 15.1. The van der Waals surface area contributed by atoms with Gasteiger partial charge < -0.3 is 15.4 Å². The van der Waals surface area contributed by atoms with Crippen molar-refractivity contribution in [3.8, 4) is 0 Å². The first kappa shape index (κ1) is 15.9. The van der Waals surface area contributed by atoms with Gasteiger partial charge in [-0.1, -0.05) is 13.8 Å². The van der Waals surface area contributed by atoms with Crippen LogP contribution in [-0.2, 0) is 9.53 Å². The number of nitrogens with zero attached hydrogens (tertiary/aromatic N) is 1. The first-order valence-electron chi connectivity index (χ1n) is 6.58. The van der Waals surface area contributed by atoms with Crippen LogP contribution < -0.4 is 10.6 Å². The molecule has 0 aliphatic rings. The van der Waals surface area contributed by atoms with Gasteiger partial charge in [0.25, 0.3) is 5.91 Å². The predicted octanol–water partition coefficient (Wildman–Crippen LogP) is 1.44. The fourth-order valence-corrected chi connectivity index (χ4v) is 1.70. The minimum Gasteiger partial charge on any atom is -0.467 e. The van der Waals surface area contributed by atoms with Crippen LogP contribution in [0.25, 0.3) is 0 Å². The van der Waals surface area contributed by atoms with Gasteiger partial charge in [0.15, 0.2) is 0 Å². The first-order valence-corrected chi connectivity index (χ1v) is 6.58. The van der Waals surface area contributed by atoms with Gasteiger partial charge in [0.1, 0.15) is 11.7 Å². The minimum atomic E-state index is -0.468. The van der Waals surface area contributed by atoms with Crippen molar-refractivity contribution in [2.24, 2.45) is 5.92 Å². The molecule has 0 aliphatic heterocycles. The number of pyridine rings is 1. The van der Waals surface area contributed by atoms with Crippen molar-refractivity contribution in [2.45, 2.75) is 26.8 Å². The van der Waals surface area contributed by atoms with E-state index in [0.717, 1.165) is 0 Å². The van der Waals surface area contributed by atoms with Crippen LogP contribution in [0.2, 0.25) is 0 Å². The molecule has 0 spiro atoms. The smallest absolute Gasteiger partial charge is 0.328 e. The number of carbonyl (C=O) groups excluding carboxylic acids is 2. The van der Waals surface area contributed by atoms with Gasteiger partial charge >= 0.3 is 5.97 Å². The molecule has 1 atom stereocenters. The van der Waals surface area contributed by atoms with E-state index < -0.39 is 6.04 Å². The molecular weight excluding hydrogens is 258 g/mol. The Hall–Kier alpha value is -2.11. The highest BCUT2D eigenvalue weighted by Gasteiger charge is 2.23. The zero-order valence-electron chi connectivity index (χ0n) is 12.3. The summed E-state index contributed by atoms with van der Waals surface area (Å²) in [4.78, 5) is 27.4. The van der Waals surface area contributed by atoms with Crippen LogP contribution >= 0.6 is 0 Å². The van der Waals surface area contributed by atoms with Crippen LogP contribution in [-0.4, -0.2) is 36.6 Å². The van der Waals surface area contributed by atoms with Gasteiger partial charge in [-0.05, 0) is 25.0 Å². The lowest BCUT2D eigenvalue weighted by atomic mass is 10.0. The summed E-state index contributed by atoms with van der Waals surface area (Å²) in [5.41, 5.74) is 0.967. The summed E-state index contributed by atoms with van der Waals surface area (Å²) in [7, 11) is 1.35. The van der Waals surface area contributed by atoms with Gasteiger partial charge in [-0.15, -0.1) is 0 Å². The van der Waals surface area contributed by atoms with E-state index in [0.29, 0.717) is 17.9 Å². The number of anilines is 1. The van der Waals surface area contributed by atoms with Crippen molar-refractivity contribution in [3.05, 3.63) is 24.0 Å². The van der Waals surface area contributed by atoms with E-state index in [-0.39, 0.29) is 17.8 Å². The van der Waals surface area contributed by atoms with Crippen molar-refractivity contribution in [1.29, 1.82) is 0 Å². The number of aromatic nitrogens is 1. The van der Waals surface area contributed by atoms with Gasteiger partial charge in [-0.3, -0.25) is 9.78 Å². The number of methoxy groups -OCH3 is 1. The monoisotopic (exact) mass is 279 g/mol. The number of esters is 1. The molecule has 0 saturated carbocycles. The molecule has 0 radical (unpaired) electrons. The molecule has 1 aromatic rings. The molecule has 2 N–H and O–H groups in total. The van der Waals surface area contributed by atoms with Crippen LogP contribution in [0.15, 0.2) is 18.3 Å². The molecule has 1 amide bonds. The van der Waals surface area contributed by atoms with Crippen molar-refractivity contribution in [1.82, 2.24) is 10.3 Å². The Kier molecular flexibility index (Phi) is 5.96. The standard InChI is InChI=1S/C14H21N3O3/c1-5-15-13(18)11-8-10(6-7-16-11)17-12(9(2)3)14(19)20-4/h6-9,12H,5H2,1-4H3,(H,15,18)(H,16,17). The third-order valence-electron chi connectivity index (χ3n) is 2.77. The number of hydrogen-bond acceptors (Lipinski definition) is 5. The maximum absolute atomic E-state index is 11.7. The van der Waals surface area contributed by atoms with E-state index >= 15 is 0 Å². The molecule has 6 heteroatoms. The molecule has 1 rings (SSSR count). The molecule has 1 unspecified atom stereocenters. The molecule has 0 aromatic carbocycles. The van der Waals surface area contributed by atoms with E-state index in [2.05, 4.69) is 15.6 Å². The van der Waals surface area contributed by atoms with Crippen molar-refractivity contribution in [3.63, 3.8) is 0 Å². The molecule has 1 heterocycles. The van der Waals surface area contributed by atoms with E-state index in [9.17, 15) is 9.59 Å². The van der Waals surface area contributed by atoms with Gasteiger partial charge in [-0.25, -0.2) is 4.79 Å². The number of nitrogens with one attached hydrogen (secondary N) is 2. The Balaban J connectivity index is 2.88. The van der Waals surface area contributed by atoms with E-state index in [1.165, 1.54) is 13.3 Å². The molecule has 6 nitrogen and oxygen atoms in total. The third kappa shape index (κ3) is 4.22. The van der Waals surface area contributed by atoms with E-state index in [1.54, 1.807) is 12.1 Å². The lowest BCUT2D eigenvalue weighted by Gasteiger charge is -2.21. The number of hydrogen-bond donors (Lipinski definition) is 2. The summed E-state index contributed by atoms with van der Waals surface area (Å²) in [5, 5.41) is 5.75. The third-order valence-corrected chi connectivity index (χ3v) is 2.77. The second-order valence-electron chi connectivity index (χ2n) is 4.68. The van der Waals surface area contributed by atoms with E-state index in [4.69, 9.17) is 4.74 Å². The molecule has 20 heavy (non-hydrogen) atoms. The summed E-state index contributed by atoms with van der Waals surface area (Å²) in [6.45, 7) is 6.21. The van der Waals surface area contributed by atoms with Crippen LogP contribution in [0.4, 0.5) is 5.69 Å². The number of ether oxygens (including phenoxy) is 1. The van der Waals surface area contributed by atoms with Gasteiger partial charge in [-0.2, -0.15) is 0 Å². The van der Waals surface area contributed by atoms with Crippen LogP contribution in [0.1, 0.15) is 31.3 Å². The molecule has 0 saturated heterocycles. The van der Waals surface area contributed by atoms with E-state index in [1.807, 2.05) is 20.8 Å². The summed E-state index contributed by atoms with van der Waals surface area (Å²) in [5.74, 6) is -0.518. The highest BCUT2D eigenvalue weighted by molar-refractivity contribution is 5.93. The Bertz CT molecular complexity index is 474. The number of carbonyl (C=O) groups is 2. The Morgan fingerprint density at radius 3 is 2.65 bits per heavy atom. The second-order valence-corrected chi connectivity index (χ2v) is 4.68. The zero-order valence-corrected chi connectivity index (χ0v) is 12.3. The normalized spacial score (nSPS) is 11.8. The Morgan fingerprint density at radius 1 is 1.40 bits per heavy atom. The minimum absolute atomic E-state index is 0.0588. The fourth-order valence-electron chi connectivity index (χ4n) is 1.70. The van der Waals surface area contributed by atoms with Crippen LogP contribution in [0.3, 0.4) is 0 Å². The molecule has 0 aliphatic carbocycles. The summed E-state index contributed by atoms with van der Waals surface area (Å²) >= 11 is 0. The molecule has 1 aromatic heterocycles. The Morgan fingerprint density at radius 2 is 2.10 bits per heavy atom.